The van der Waals surface area contributed by atoms with Crippen LogP contribution in [0, 0.1) is 11.6 Å². The molecule has 2 aromatic carbocycles. The highest BCUT2D eigenvalue weighted by atomic mass is 79.9. The van der Waals surface area contributed by atoms with Gasteiger partial charge in [0.25, 0.3) is 0 Å². The third-order valence-corrected chi connectivity index (χ3v) is 3.95. The fourth-order valence-corrected chi connectivity index (χ4v) is 2.85. The molecule has 3 aromatic rings. The topological polar surface area (TPSA) is 51.2 Å². The van der Waals surface area contributed by atoms with Crippen molar-refractivity contribution in [2.75, 3.05) is 0 Å². The number of rotatable bonds is 3. The maximum absolute atomic E-state index is 14.1. The lowest BCUT2D eigenvalue weighted by atomic mass is 10.0. The molecule has 3 nitrogen and oxygen atoms in total. The zero-order chi connectivity index (χ0) is 15.0. The second-order valence-electron chi connectivity index (χ2n) is 4.54. The predicted molar refractivity (Wildman–Crippen MR) is 79.4 cm³/mol. The zero-order valence-electron chi connectivity index (χ0n) is 10.7. The quantitative estimate of drug-likeness (QED) is 0.552. The van der Waals surface area contributed by atoms with Crippen molar-refractivity contribution in [1.82, 2.24) is 5.43 Å². The lowest BCUT2D eigenvalue weighted by Crippen LogP contribution is -2.29. The van der Waals surface area contributed by atoms with Crippen LogP contribution in [-0.2, 0) is 0 Å². The number of hydrazine groups is 1. The third kappa shape index (κ3) is 2.46. The van der Waals surface area contributed by atoms with Crippen LogP contribution in [0.25, 0.3) is 11.0 Å². The van der Waals surface area contributed by atoms with Gasteiger partial charge >= 0.3 is 0 Å². The molecule has 1 aromatic heterocycles. The Bertz CT molecular complexity index is 783. The minimum Gasteiger partial charge on any atom is -0.456 e. The molecule has 0 amide bonds. The molecule has 0 saturated heterocycles. The van der Waals surface area contributed by atoms with Crippen LogP contribution in [0.3, 0.4) is 0 Å². The average molecular weight is 353 g/mol. The number of hydrogen-bond donors (Lipinski definition) is 2. The summed E-state index contributed by atoms with van der Waals surface area (Å²) in [6, 6.07) is 10.1. The number of benzene rings is 2. The molecule has 3 N–H and O–H groups in total. The molecule has 1 heterocycles. The van der Waals surface area contributed by atoms with Crippen LogP contribution in [-0.4, -0.2) is 0 Å². The van der Waals surface area contributed by atoms with Crippen LogP contribution in [0.2, 0.25) is 0 Å². The first-order valence-electron chi connectivity index (χ1n) is 6.20. The van der Waals surface area contributed by atoms with Gasteiger partial charge in [0, 0.05) is 15.4 Å². The number of nitrogens with one attached hydrogen (secondary N) is 1. The van der Waals surface area contributed by atoms with E-state index in [0.717, 1.165) is 0 Å². The number of nitrogens with two attached hydrogens (primary N) is 1. The van der Waals surface area contributed by atoms with E-state index in [-0.39, 0.29) is 5.58 Å². The van der Waals surface area contributed by atoms with Crippen molar-refractivity contribution in [2.45, 2.75) is 6.04 Å². The van der Waals surface area contributed by atoms with E-state index in [9.17, 15) is 8.78 Å². The molecule has 3 rings (SSSR count). The number of furan rings is 1. The maximum Gasteiger partial charge on any atom is 0.169 e. The van der Waals surface area contributed by atoms with Crippen molar-refractivity contribution in [3.05, 3.63) is 69.9 Å². The van der Waals surface area contributed by atoms with Crippen molar-refractivity contribution < 1.29 is 13.2 Å². The molecule has 1 unspecified atom stereocenters. The van der Waals surface area contributed by atoms with Crippen LogP contribution in [0.15, 0.2) is 51.4 Å². The maximum atomic E-state index is 14.1. The summed E-state index contributed by atoms with van der Waals surface area (Å²) in [5.74, 6) is 4.97. The summed E-state index contributed by atoms with van der Waals surface area (Å²) in [5, 5.41) is 0.595. The van der Waals surface area contributed by atoms with Gasteiger partial charge in [0.15, 0.2) is 11.4 Å². The summed E-state index contributed by atoms with van der Waals surface area (Å²) >= 11 is 3.29. The molecule has 0 aliphatic heterocycles. The second-order valence-corrected chi connectivity index (χ2v) is 5.40. The van der Waals surface area contributed by atoms with Crippen LogP contribution in [0.5, 0.6) is 0 Å². The third-order valence-electron chi connectivity index (χ3n) is 3.25. The highest BCUT2D eigenvalue weighted by molar-refractivity contribution is 9.10. The summed E-state index contributed by atoms with van der Waals surface area (Å²) in [6.07, 6.45) is 0. The summed E-state index contributed by atoms with van der Waals surface area (Å²) in [7, 11) is 0. The van der Waals surface area contributed by atoms with Crippen LogP contribution >= 0.6 is 15.9 Å². The molecule has 108 valence electrons. The number of hydrogen-bond acceptors (Lipinski definition) is 3. The fourth-order valence-electron chi connectivity index (χ4n) is 2.28. The summed E-state index contributed by atoms with van der Waals surface area (Å²) < 4.78 is 33.8. The molecule has 21 heavy (non-hydrogen) atoms. The summed E-state index contributed by atoms with van der Waals surface area (Å²) in [5.41, 5.74) is 2.94. The van der Waals surface area contributed by atoms with Gasteiger partial charge in [-0.05, 0) is 24.3 Å². The Morgan fingerprint density at radius 3 is 2.48 bits per heavy atom. The molecule has 0 spiro atoms. The molecule has 0 fully saturated rings. The fraction of sp³-hybridized carbons (Fsp3) is 0.0667. The average Bonchev–Trinajstić information content (AvgIpc) is 2.88. The first-order chi connectivity index (χ1) is 10.1. The first-order valence-corrected chi connectivity index (χ1v) is 6.99. The van der Waals surface area contributed by atoms with Crippen molar-refractivity contribution in [2.24, 2.45) is 5.84 Å². The molecule has 1 atom stereocenters. The normalized spacial score (nSPS) is 12.8. The van der Waals surface area contributed by atoms with Gasteiger partial charge in [0.2, 0.25) is 0 Å². The van der Waals surface area contributed by atoms with Gasteiger partial charge in [-0.3, -0.25) is 5.84 Å². The van der Waals surface area contributed by atoms with Crippen LogP contribution < -0.4 is 11.3 Å². The lowest BCUT2D eigenvalue weighted by Gasteiger charge is -2.16. The SMILES string of the molecule is NNC(c1cc2cccc(F)c2o1)c1c(F)cccc1Br. The largest absolute Gasteiger partial charge is 0.456 e. The van der Waals surface area contributed by atoms with E-state index in [1.165, 1.54) is 12.1 Å². The van der Waals surface area contributed by atoms with E-state index in [1.807, 2.05) is 0 Å². The minimum atomic E-state index is -0.729. The van der Waals surface area contributed by atoms with Gasteiger partial charge in [-0.1, -0.05) is 34.1 Å². The zero-order valence-corrected chi connectivity index (χ0v) is 12.3. The van der Waals surface area contributed by atoms with E-state index in [4.69, 9.17) is 10.3 Å². The second kappa shape index (κ2) is 5.55. The Balaban J connectivity index is 2.16. The van der Waals surface area contributed by atoms with Gasteiger partial charge in [0.05, 0.1) is 0 Å². The first kappa shape index (κ1) is 14.2. The predicted octanol–water partition coefficient (Wildman–Crippen LogP) is 4.03. The molecule has 0 radical (unpaired) electrons. The van der Waals surface area contributed by atoms with Crippen molar-refractivity contribution in [3.63, 3.8) is 0 Å². The van der Waals surface area contributed by atoms with Gasteiger partial charge < -0.3 is 4.42 Å². The highest BCUT2D eigenvalue weighted by Gasteiger charge is 2.23. The van der Waals surface area contributed by atoms with Gasteiger partial charge in [-0.15, -0.1) is 0 Å². The number of para-hydroxylation sites is 1. The Morgan fingerprint density at radius 1 is 1.10 bits per heavy atom. The van der Waals surface area contributed by atoms with Crippen molar-refractivity contribution >= 4 is 26.9 Å². The Hall–Kier alpha value is -1.76. The Kier molecular flexibility index (Phi) is 3.75. The van der Waals surface area contributed by atoms with E-state index >= 15 is 0 Å². The Labute approximate surface area is 127 Å². The van der Waals surface area contributed by atoms with Crippen LogP contribution in [0.4, 0.5) is 8.78 Å². The molecule has 0 saturated carbocycles. The van der Waals surface area contributed by atoms with Crippen LogP contribution in [0.1, 0.15) is 17.4 Å². The van der Waals surface area contributed by atoms with Gasteiger partial charge in [-0.25, -0.2) is 14.2 Å². The minimum absolute atomic E-state index is 0.125. The molecule has 0 aliphatic rings. The Morgan fingerprint density at radius 2 is 1.81 bits per heavy atom. The van der Waals surface area contributed by atoms with E-state index in [1.54, 1.807) is 30.3 Å². The van der Waals surface area contributed by atoms with Crippen molar-refractivity contribution in [1.29, 1.82) is 0 Å². The standard InChI is InChI=1S/C15H11BrF2N2O/c16-9-4-2-5-10(17)13(9)14(20-19)12-7-8-3-1-6-11(18)15(8)21-12/h1-7,14,20H,19H2. The highest BCUT2D eigenvalue weighted by Crippen LogP contribution is 2.33. The summed E-state index contributed by atoms with van der Waals surface area (Å²) in [4.78, 5) is 0. The monoisotopic (exact) mass is 352 g/mol. The molecule has 0 bridgehead atoms. The molecular formula is C15H11BrF2N2O. The van der Waals surface area contributed by atoms with E-state index in [0.29, 0.717) is 21.2 Å². The van der Waals surface area contributed by atoms with E-state index < -0.39 is 17.7 Å². The van der Waals surface area contributed by atoms with Gasteiger partial charge in [0.1, 0.15) is 17.6 Å². The molecule has 0 aliphatic carbocycles. The van der Waals surface area contributed by atoms with E-state index in [2.05, 4.69) is 21.4 Å². The molecular weight excluding hydrogens is 342 g/mol. The summed E-state index contributed by atoms with van der Waals surface area (Å²) in [6.45, 7) is 0. The number of fused-ring (bicyclic) bond motifs is 1. The number of halogens is 3. The smallest absolute Gasteiger partial charge is 0.169 e. The van der Waals surface area contributed by atoms with Gasteiger partial charge in [-0.2, -0.15) is 0 Å². The lowest BCUT2D eigenvalue weighted by molar-refractivity contribution is 0.452. The molecule has 6 heteroatoms. The van der Waals surface area contributed by atoms with Crippen molar-refractivity contribution in [3.8, 4) is 0 Å².